The van der Waals surface area contributed by atoms with Gasteiger partial charge in [0.05, 0.1) is 6.10 Å². The van der Waals surface area contributed by atoms with Crippen molar-refractivity contribution in [3.05, 3.63) is 23.6 Å². The van der Waals surface area contributed by atoms with Gasteiger partial charge in [0.2, 0.25) is 0 Å². The molecule has 17 heavy (non-hydrogen) atoms. The summed E-state index contributed by atoms with van der Waals surface area (Å²) in [5.41, 5.74) is 6.00. The third-order valence-corrected chi connectivity index (χ3v) is 3.18. The zero-order valence-electron chi connectivity index (χ0n) is 10.0. The molecule has 2 N–H and O–H groups in total. The summed E-state index contributed by atoms with van der Waals surface area (Å²) in [7, 11) is 1.69. The number of piperidine rings is 1. The van der Waals surface area contributed by atoms with Gasteiger partial charge in [-0.2, -0.15) is 0 Å². The largest absolute Gasteiger partial charge is 0.380 e. The Morgan fingerprint density at radius 3 is 3.18 bits per heavy atom. The summed E-state index contributed by atoms with van der Waals surface area (Å²) in [6.45, 7) is 1.70. The molecule has 1 atom stereocenters. The van der Waals surface area contributed by atoms with Crippen LogP contribution in [0, 0.1) is 5.82 Å². The van der Waals surface area contributed by atoms with Crippen LogP contribution in [0.1, 0.15) is 18.4 Å². The van der Waals surface area contributed by atoms with Gasteiger partial charge in [0.15, 0.2) is 11.6 Å². The van der Waals surface area contributed by atoms with Crippen molar-refractivity contribution in [3.8, 4) is 0 Å². The maximum absolute atomic E-state index is 14.1. The molecule has 0 amide bonds. The molecule has 1 aromatic heterocycles. The Morgan fingerprint density at radius 1 is 1.65 bits per heavy atom. The van der Waals surface area contributed by atoms with Crippen LogP contribution in [0.2, 0.25) is 0 Å². The normalized spacial score (nSPS) is 20.6. The third-order valence-electron chi connectivity index (χ3n) is 3.18. The van der Waals surface area contributed by atoms with Gasteiger partial charge in [0, 0.05) is 38.5 Å². The van der Waals surface area contributed by atoms with Gasteiger partial charge in [-0.15, -0.1) is 0 Å². The minimum Gasteiger partial charge on any atom is -0.380 e. The highest BCUT2D eigenvalue weighted by molar-refractivity contribution is 5.43. The first-order valence-electron chi connectivity index (χ1n) is 5.87. The molecule has 5 heteroatoms. The zero-order valence-corrected chi connectivity index (χ0v) is 10.0. The van der Waals surface area contributed by atoms with Crippen LogP contribution in [0.5, 0.6) is 0 Å². The summed E-state index contributed by atoms with van der Waals surface area (Å²) < 4.78 is 19.4. The minimum atomic E-state index is -0.299. The zero-order chi connectivity index (χ0) is 12.3. The Bertz CT molecular complexity index is 386. The van der Waals surface area contributed by atoms with Crippen molar-refractivity contribution >= 4 is 5.82 Å². The standard InChI is InChI=1S/C12H18FN3O/c1-17-10-3-2-6-16(8-10)12-11(13)9(7-14)4-5-15-12/h4-5,10H,2-3,6-8,14H2,1H3. The average Bonchev–Trinajstić information content (AvgIpc) is 2.39. The molecule has 0 spiro atoms. The van der Waals surface area contributed by atoms with Gasteiger partial charge in [-0.05, 0) is 18.9 Å². The number of rotatable bonds is 3. The smallest absolute Gasteiger partial charge is 0.170 e. The Kier molecular flexibility index (Phi) is 3.91. The second-order valence-corrected chi connectivity index (χ2v) is 4.26. The van der Waals surface area contributed by atoms with Crippen molar-refractivity contribution < 1.29 is 9.13 Å². The molecule has 4 nitrogen and oxygen atoms in total. The van der Waals surface area contributed by atoms with Crippen molar-refractivity contribution in [2.75, 3.05) is 25.1 Å². The molecule has 0 saturated carbocycles. The molecule has 2 rings (SSSR count). The SMILES string of the molecule is COC1CCCN(c2nccc(CN)c2F)C1. The van der Waals surface area contributed by atoms with Crippen molar-refractivity contribution in [1.29, 1.82) is 0 Å². The van der Waals surface area contributed by atoms with Crippen LogP contribution in [0.15, 0.2) is 12.3 Å². The number of hydrogen-bond donors (Lipinski definition) is 1. The molecule has 1 aliphatic heterocycles. The second-order valence-electron chi connectivity index (χ2n) is 4.26. The van der Waals surface area contributed by atoms with E-state index in [2.05, 4.69) is 4.98 Å². The first-order valence-corrected chi connectivity index (χ1v) is 5.87. The van der Waals surface area contributed by atoms with Crippen LogP contribution in [0.3, 0.4) is 0 Å². The summed E-state index contributed by atoms with van der Waals surface area (Å²) in [4.78, 5) is 6.06. The average molecular weight is 239 g/mol. The predicted octanol–water partition coefficient (Wildman–Crippen LogP) is 1.29. The van der Waals surface area contributed by atoms with E-state index in [1.54, 1.807) is 19.4 Å². The Labute approximate surface area is 101 Å². The molecule has 0 aromatic carbocycles. The summed E-state index contributed by atoms with van der Waals surface area (Å²) in [6, 6.07) is 1.62. The lowest BCUT2D eigenvalue weighted by Gasteiger charge is -2.33. The molecular formula is C12H18FN3O. The van der Waals surface area contributed by atoms with Crippen LogP contribution < -0.4 is 10.6 Å². The number of pyridine rings is 1. The minimum absolute atomic E-state index is 0.159. The van der Waals surface area contributed by atoms with Gasteiger partial charge in [-0.1, -0.05) is 0 Å². The summed E-state index contributed by atoms with van der Waals surface area (Å²) in [6.07, 6.45) is 3.78. The van der Waals surface area contributed by atoms with E-state index >= 15 is 0 Å². The molecule has 1 saturated heterocycles. The molecular weight excluding hydrogens is 221 g/mol. The van der Waals surface area contributed by atoms with Crippen LogP contribution >= 0.6 is 0 Å². The van der Waals surface area contributed by atoms with Gasteiger partial charge in [0.1, 0.15) is 0 Å². The maximum Gasteiger partial charge on any atom is 0.170 e. The van der Waals surface area contributed by atoms with E-state index in [0.29, 0.717) is 17.9 Å². The molecule has 0 radical (unpaired) electrons. The molecule has 1 aliphatic rings. The monoisotopic (exact) mass is 239 g/mol. The lowest BCUT2D eigenvalue weighted by molar-refractivity contribution is 0.0889. The quantitative estimate of drug-likeness (QED) is 0.863. The number of ether oxygens (including phenoxy) is 1. The molecule has 2 heterocycles. The highest BCUT2D eigenvalue weighted by atomic mass is 19.1. The first-order chi connectivity index (χ1) is 8.26. The number of nitrogens with zero attached hydrogens (tertiary/aromatic N) is 2. The van der Waals surface area contributed by atoms with Gasteiger partial charge < -0.3 is 15.4 Å². The molecule has 1 aromatic rings. The number of hydrogen-bond acceptors (Lipinski definition) is 4. The topological polar surface area (TPSA) is 51.4 Å². The number of nitrogens with two attached hydrogens (primary N) is 1. The molecule has 1 unspecified atom stereocenters. The van der Waals surface area contributed by atoms with Crippen molar-refractivity contribution in [3.63, 3.8) is 0 Å². The van der Waals surface area contributed by atoms with Crippen molar-refractivity contribution in [2.45, 2.75) is 25.5 Å². The number of aromatic nitrogens is 1. The van der Waals surface area contributed by atoms with E-state index in [-0.39, 0.29) is 18.5 Å². The number of methoxy groups -OCH3 is 1. The maximum atomic E-state index is 14.1. The fourth-order valence-corrected chi connectivity index (χ4v) is 2.17. The van der Waals surface area contributed by atoms with Gasteiger partial charge in [-0.3, -0.25) is 0 Å². The first kappa shape index (κ1) is 12.3. The molecule has 94 valence electrons. The molecule has 0 bridgehead atoms. The molecule has 0 aliphatic carbocycles. The summed E-state index contributed by atoms with van der Waals surface area (Å²) in [5.74, 6) is 0.0986. The number of halogens is 1. The molecule has 1 fully saturated rings. The Balaban J connectivity index is 2.21. The Morgan fingerprint density at radius 2 is 2.47 bits per heavy atom. The second kappa shape index (κ2) is 5.42. The van der Waals surface area contributed by atoms with Crippen LogP contribution in [-0.2, 0) is 11.3 Å². The van der Waals surface area contributed by atoms with Gasteiger partial charge >= 0.3 is 0 Å². The van der Waals surface area contributed by atoms with Crippen molar-refractivity contribution in [1.82, 2.24) is 4.98 Å². The fraction of sp³-hybridized carbons (Fsp3) is 0.583. The Hall–Kier alpha value is -1.20. The lowest BCUT2D eigenvalue weighted by Crippen LogP contribution is -2.40. The van der Waals surface area contributed by atoms with E-state index in [9.17, 15) is 4.39 Å². The lowest BCUT2D eigenvalue weighted by atomic mass is 10.1. The van der Waals surface area contributed by atoms with Crippen LogP contribution in [0.25, 0.3) is 0 Å². The van der Waals surface area contributed by atoms with Gasteiger partial charge in [-0.25, -0.2) is 9.37 Å². The summed E-state index contributed by atoms with van der Waals surface area (Å²) >= 11 is 0. The van der Waals surface area contributed by atoms with E-state index in [1.807, 2.05) is 4.90 Å². The summed E-state index contributed by atoms with van der Waals surface area (Å²) in [5, 5.41) is 0. The highest BCUT2D eigenvalue weighted by Crippen LogP contribution is 2.23. The van der Waals surface area contributed by atoms with E-state index < -0.39 is 0 Å². The van der Waals surface area contributed by atoms with Crippen LogP contribution in [-0.4, -0.2) is 31.3 Å². The van der Waals surface area contributed by atoms with E-state index in [4.69, 9.17) is 10.5 Å². The fourth-order valence-electron chi connectivity index (χ4n) is 2.17. The van der Waals surface area contributed by atoms with E-state index in [1.165, 1.54) is 0 Å². The number of anilines is 1. The third kappa shape index (κ3) is 2.56. The highest BCUT2D eigenvalue weighted by Gasteiger charge is 2.23. The van der Waals surface area contributed by atoms with Gasteiger partial charge in [0.25, 0.3) is 0 Å². The van der Waals surface area contributed by atoms with E-state index in [0.717, 1.165) is 19.4 Å². The van der Waals surface area contributed by atoms with Crippen molar-refractivity contribution in [2.24, 2.45) is 5.73 Å². The predicted molar refractivity (Wildman–Crippen MR) is 64.3 cm³/mol. The van der Waals surface area contributed by atoms with Crippen LogP contribution in [0.4, 0.5) is 10.2 Å².